The van der Waals surface area contributed by atoms with Gasteiger partial charge in [0.1, 0.15) is 5.75 Å². The largest absolute Gasteiger partial charge is 0.495 e. The van der Waals surface area contributed by atoms with Crippen LogP contribution in [-0.2, 0) is 4.79 Å². The number of ether oxygens (including phenoxy) is 1. The van der Waals surface area contributed by atoms with E-state index < -0.39 is 0 Å². The third-order valence-electron chi connectivity index (χ3n) is 4.92. The number of nitrogens with one attached hydrogen (secondary N) is 1. The molecule has 28 heavy (non-hydrogen) atoms. The van der Waals surface area contributed by atoms with Crippen molar-refractivity contribution < 1.29 is 9.53 Å². The Morgan fingerprint density at radius 2 is 1.96 bits per heavy atom. The van der Waals surface area contributed by atoms with Crippen LogP contribution in [0.2, 0.25) is 0 Å². The maximum atomic E-state index is 13.4. The van der Waals surface area contributed by atoms with Gasteiger partial charge >= 0.3 is 0 Å². The number of methoxy groups -OCH3 is 1. The number of hydrogen-bond acceptors (Lipinski definition) is 4. The van der Waals surface area contributed by atoms with Gasteiger partial charge in [0.15, 0.2) is 5.11 Å². The molecule has 5 nitrogen and oxygen atoms in total. The van der Waals surface area contributed by atoms with Gasteiger partial charge in [-0.1, -0.05) is 18.2 Å². The fourth-order valence-electron chi connectivity index (χ4n) is 3.47. The van der Waals surface area contributed by atoms with E-state index in [4.69, 9.17) is 17.0 Å². The number of allylic oxidation sites excluding steroid dienone is 1. The van der Waals surface area contributed by atoms with Crippen molar-refractivity contribution >= 4 is 40.3 Å². The lowest BCUT2D eigenvalue weighted by molar-refractivity contribution is -0.127. The normalized spacial score (nSPS) is 16.8. The van der Waals surface area contributed by atoms with Crippen molar-refractivity contribution in [2.75, 3.05) is 25.1 Å². The third kappa shape index (κ3) is 3.64. The van der Waals surface area contributed by atoms with Gasteiger partial charge in [-0.15, -0.1) is 11.3 Å². The second-order valence-corrected chi connectivity index (χ2v) is 7.75. The number of thiocarbonyl (C=S) groups is 1. The SMILES string of the molecule is CCN(CC)C(=O)C1=C(C)N(c2ccccc2OC)C(=S)N[C@@H]1c1cccs1. The van der Waals surface area contributed by atoms with Crippen LogP contribution in [0.15, 0.2) is 53.0 Å². The molecule has 0 unspecified atom stereocenters. The summed E-state index contributed by atoms with van der Waals surface area (Å²) >= 11 is 7.33. The molecule has 0 saturated heterocycles. The van der Waals surface area contributed by atoms with Crippen molar-refractivity contribution in [3.8, 4) is 5.75 Å². The van der Waals surface area contributed by atoms with Crippen LogP contribution < -0.4 is 15.0 Å². The highest BCUT2D eigenvalue weighted by molar-refractivity contribution is 7.80. The summed E-state index contributed by atoms with van der Waals surface area (Å²) in [5.41, 5.74) is 2.35. The molecule has 0 aliphatic carbocycles. The van der Waals surface area contributed by atoms with E-state index in [-0.39, 0.29) is 11.9 Å². The van der Waals surface area contributed by atoms with E-state index >= 15 is 0 Å². The fraction of sp³-hybridized carbons (Fsp3) is 0.333. The van der Waals surface area contributed by atoms with Crippen molar-refractivity contribution in [1.29, 1.82) is 0 Å². The zero-order valence-electron chi connectivity index (χ0n) is 16.6. The minimum absolute atomic E-state index is 0.0239. The molecule has 148 valence electrons. The van der Waals surface area contributed by atoms with Gasteiger partial charge < -0.3 is 15.0 Å². The molecule has 1 N–H and O–H groups in total. The second kappa shape index (κ2) is 8.75. The molecule has 0 saturated carbocycles. The number of para-hydroxylation sites is 2. The van der Waals surface area contributed by atoms with Crippen LogP contribution in [-0.4, -0.2) is 36.1 Å². The molecule has 1 aliphatic heterocycles. The number of likely N-dealkylation sites (N-methyl/N-ethyl adjacent to an activating group) is 1. The lowest BCUT2D eigenvalue weighted by Crippen LogP contribution is -2.49. The van der Waals surface area contributed by atoms with Gasteiger partial charge in [0.25, 0.3) is 5.91 Å². The van der Waals surface area contributed by atoms with Crippen molar-refractivity contribution in [2.24, 2.45) is 0 Å². The van der Waals surface area contributed by atoms with Gasteiger partial charge in [0, 0.05) is 23.7 Å². The lowest BCUT2D eigenvalue weighted by atomic mass is 9.98. The van der Waals surface area contributed by atoms with E-state index in [1.165, 1.54) is 0 Å². The summed E-state index contributed by atoms with van der Waals surface area (Å²) in [6, 6.07) is 11.5. The Kier molecular flexibility index (Phi) is 6.36. The Balaban J connectivity index is 2.18. The number of nitrogens with zero attached hydrogens (tertiary/aromatic N) is 2. The zero-order chi connectivity index (χ0) is 20.3. The van der Waals surface area contributed by atoms with Crippen molar-refractivity contribution in [1.82, 2.24) is 10.2 Å². The summed E-state index contributed by atoms with van der Waals surface area (Å²) in [4.78, 5) is 18.3. The van der Waals surface area contributed by atoms with Crippen LogP contribution in [0.25, 0.3) is 0 Å². The number of carbonyl (C=O) groups excluding carboxylic acids is 1. The molecule has 2 aromatic rings. The number of rotatable bonds is 6. The summed E-state index contributed by atoms with van der Waals surface area (Å²) < 4.78 is 5.53. The molecule has 3 rings (SSSR count). The molecular weight excluding hydrogens is 390 g/mol. The van der Waals surface area contributed by atoms with E-state index in [1.807, 2.05) is 72.3 Å². The van der Waals surface area contributed by atoms with E-state index in [1.54, 1.807) is 18.4 Å². The van der Waals surface area contributed by atoms with Gasteiger partial charge in [-0.05, 0) is 56.6 Å². The molecule has 0 spiro atoms. The Morgan fingerprint density at radius 1 is 1.25 bits per heavy atom. The molecule has 0 bridgehead atoms. The number of carbonyl (C=O) groups is 1. The van der Waals surface area contributed by atoms with Gasteiger partial charge in [0.05, 0.1) is 24.4 Å². The van der Waals surface area contributed by atoms with Crippen molar-refractivity contribution in [2.45, 2.75) is 26.8 Å². The molecule has 1 amide bonds. The minimum atomic E-state index is -0.258. The number of anilines is 1. The predicted octanol–water partition coefficient (Wildman–Crippen LogP) is 4.33. The van der Waals surface area contributed by atoms with Crippen LogP contribution in [0.4, 0.5) is 5.69 Å². The third-order valence-corrected chi connectivity index (χ3v) is 6.16. The van der Waals surface area contributed by atoms with Crippen LogP contribution in [0.1, 0.15) is 31.7 Å². The Hall–Kier alpha value is -2.38. The highest BCUT2D eigenvalue weighted by Crippen LogP contribution is 2.39. The van der Waals surface area contributed by atoms with Crippen LogP contribution in [0.5, 0.6) is 5.75 Å². The summed E-state index contributed by atoms with van der Waals surface area (Å²) in [5, 5.41) is 5.96. The summed E-state index contributed by atoms with van der Waals surface area (Å²) in [7, 11) is 1.63. The number of hydrogen-bond donors (Lipinski definition) is 1. The van der Waals surface area contributed by atoms with Crippen LogP contribution in [0, 0.1) is 0 Å². The standard InChI is InChI=1S/C21H25N3O2S2/c1-5-23(6-2)20(25)18-14(3)24(15-10-7-8-11-16(15)26-4)21(27)22-19(18)17-12-9-13-28-17/h7-13,19H,5-6H2,1-4H3,(H,22,27)/t19-/m1/s1. The highest BCUT2D eigenvalue weighted by atomic mass is 32.1. The summed E-state index contributed by atoms with van der Waals surface area (Å²) in [5.74, 6) is 0.728. The van der Waals surface area contributed by atoms with E-state index in [0.717, 1.165) is 16.3 Å². The van der Waals surface area contributed by atoms with E-state index in [9.17, 15) is 4.79 Å². The molecule has 1 atom stereocenters. The average molecular weight is 416 g/mol. The Bertz CT molecular complexity index is 889. The maximum absolute atomic E-state index is 13.4. The lowest BCUT2D eigenvalue weighted by Gasteiger charge is -2.39. The Labute approximate surface area is 175 Å². The first-order chi connectivity index (χ1) is 13.5. The average Bonchev–Trinajstić information content (AvgIpc) is 3.23. The number of thiophene rings is 1. The first-order valence-electron chi connectivity index (χ1n) is 9.30. The topological polar surface area (TPSA) is 44.8 Å². The number of benzene rings is 1. The monoisotopic (exact) mass is 415 g/mol. The zero-order valence-corrected chi connectivity index (χ0v) is 18.2. The molecule has 2 heterocycles. The quantitative estimate of drug-likeness (QED) is 0.712. The summed E-state index contributed by atoms with van der Waals surface area (Å²) in [6.07, 6.45) is 0. The predicted molar refractivity (Wildman–Crippen MR) is 119 cm³/mol. The first-order valence-corrected chi connectivity index (χ1v) is 10.6. The van der Waals surface area contributed by atoms with Crippen LogP contribution >= 0.6 is 23.6 Å². The fourth-order valence-corrected chi connectivity index (χ4v) is 4.61. The first kappa shape index (κ1) is 20.4. The molecule has 1 aromatic heterocycles. The molecule has 7 heteroatoms. The number of amides is 1. The highest BCUT2D eigenvalue weighted by Gasteiger charge is 2.37. The Morgan fingerprint density at radius 3 is 2.57 bits per heavy atom. The summed E-state index contributed by atoms with van der Waals surface area (Å²) in [6.45, 7) is 7.26. The van der Waals surface area contributed by atoms with Gasteiger partial charge in [-0.2, -0.15) is 0 Å². The van der Waals surface area contributed by atoms with Gasteiger partial charge in [-0.3, -0.25) is 9.69 Å². The van der Waals surface area contributed by atoms with Gasteiger partial charge in [0.2, 0.25) is 0 Å². The second-order valence-electron chi connectivity index (χ2n) is 6.38. The van der Waals surface area contributed by atoms with Gasteiger partial charge in [-0.25, -0.2) is 0 Å². The minimum Gasteiger partial charge on any atom is -0.495 e. The van der Waals surface area contributed by atoms with E-state index in [0.29, 0.717) is 29.5 Å². The van der Waals surface area contributed by atoms with Crippen LogP contribution in [0.3, 0.4) is 0 Å². The smallest absolute Gasteiger partial charge is 0.254 e. The maximum Gasteiger partial charge on any atom is 0.254 e. The molecule has 0 radical (unpaired) electrons. The van der Waals surface area contributed by atoms with E-state index in [2.05, 4.69) is 5.32 Å². The van der Waals surface area contributed by atoms with Crippen molar-refractivity contribution in [3.63, 3.8) is 0 Å². The van der Waals surface area contributed by atoms with Crippen molar-refractivity contribution in [3.05, 3.63) is 57.9 Å². The molecule has 1 aromatic carbocycles. The molecular formula is C21H25N3O2S2. The molecule has 1 aliphatic rings. The molecule has 0 fully saturated rings.